The van der Waals surface area contributed by atoms with Crippen molar-refractivity contribution in [1.82, 2.24) is 15.5 Å². The smallest absolute Gasteiger partial charge is 0.317 e. The number of hydrogen-bond donors (Lipinski definition) is 2. The molecule has 2 saturated heterocycles. The first-order valence-corrected chi connectivity index (χ1v) is 8.99. The van der Waals surface area contributed by atoms with Crippen molar-refractivity contribution in [2.75, 3.05) is 13.1 Å². The molecule has 2 aliphatic rings. The van der Waals surface area contributed by atoms with Gasteiger partial charge in [-0.15, -0.1) is 0 Å². The van der Waals surface area contributed by atoms with Crippen LogP contribution in [0.3, 0.4) is 0 Å². The third-order valence-electron chi connectivity index (χ3n) is 5.36. The molecule has 0 spiro atoms. The Morgan fingerprint density at radius 2 is 1.58 bits per heavy atom. The Bertz CT molecular complexity index is 587. The fraction of sp³-hybridized carbons (Fsp3) is 0.650. The highest BCUT2D eigenvalue weighted by Gasteiger charge is 2.44. The molecule has 0 radical (unpaired) electrons. The summed E-state index contributed by atoms with van der Waals surface area (Å²) in [5.74, 6) is 0. The Morgan fingerprint density at radius 1 is 1.04 bits per heavy atom. The molecule has 2 aliphatic heterocycles. The van der Waals surface area contributed by atoms with E-state index in [1.54, 1.807) is 0 Å². The zero-order valence-corrected chi connectivity index (χ0v) is 15.6. The molecule has 2 amide bonds. The van der Waals surface area contributed by atoms with Gasteiger partial charge < -0.3 is 15.5 Å². The van der Waals surface area contributed by atoms with Crippen LogP contribution in [-0.2, 0) is 5.41 Å². The Labute approximate surface area is 146 Å². The Morgan fingerprint density at radius 3 is 2.12 bits per heavy atom. The molecule has 2 fully saturated rings. The van der Waals surface area contributed by atoms with Crippen molar-refractivity contribution >= 4 is 6.03 Å². The SMILES string of the molecule is CC1(C)CC(NC(=O)N2CC(C)(c3ccccc3)C2)CC(C)(C)N1. The van der Waals surface area contributed by atoms with Crippen LogP contribution in [0.4, 0.5) is 4.79 Å². The second-order valence-corrected chi connectivity index (χ2v) is 9.23. The molecule has 0 aromatic heterocycles. The summed E-state index contributed by atoms with van der Waals surface area (Å²) in [5, 5.41) is 6.93. The maximum absolute atomic E-state index is 12.6. The minimum absolute atomic E-state index is 0.0488. The molecule has 0 bridgehead atoms. The third kappa shape index (κ3) is 3.59. The molecule has 0 saturated carbocycles. The molecular formula is C20H31N3O. The average Bonchev–Trinajstić information content (AvgIpc) is 2.41. The van der Waals surface area contributed by atoms with Gasteiger partial charge in [0.2, 0.25) is 0 Å². The summed E-state index contributed by atoms with van der Waals surface area (Å²) in [6.07, 6.45) is 1.93. The Hall–Kier alpha value is -1.55. The van der Waals surface area contributed by atoms with Gasteiger partial charge in [-0.1, -0.05) is 37.3 Å². The minimum Gasteiger partial charge on any atom is -0.335 e. The molecule has 1 aromatic carbocycles. The van der Waals surface area contributed by atoms with Crippen molar-refractivity contribution in [3.05, 3.63) is 35.9 Å². The molecule has 0 atom stereocenters. The first-order chi connectivity index (χ1) is 11.1. The number of amides is 2. The van der Waals surface area contributed by atoms with Crippen LogP contribution in [0, 0.1) is 0 Å². The van der Waals surface area contributed by atoms with Gasteiger partial charge in [-0.3, -0.25) is 0 Å². The number of benzene rings is 1. The van der Waals surface area contributed by atoms with E-state index >= 15 is 0 Å². The first-order valence-electron chi connectivity index (χ1n) is 8.99. The number of carbonyl (C=O) groups is 1. The van der Waals surface area contributed by atoms with E-state index in [9.17, 15) is 4.79 Å². The van der Waals surface area contributed by atoms with Crippen LogP contribution in [0.5, 0.6) is 0 Å². The van der Waals surface area contributed by atoms with Crippen LogP contribution in [0.2, 0.25) is 0 Å². The molecule has 0 unspecified atom stereocenters. The van der Waals surface area contributed by atoms with Crippen molar-refractivity contribution in [2.24, 2.45) is 0 Å². The summed E-state index contributed by atoms with van der Waals surface area (Å²) >= 11 is 0. The highest BCUT2D eigenvalue weighted by atomic mass is 16.2. The number of likely N-dealkylation sites (tertiary alicyclic amines) is 1. The minimum atomic E-state index is 0.0488. The van der Waals surface area contributed by atoms with Gasteiger partial charge in [0.05, 0.1) is 0 Å². The topological polar surface area (TPSA) is 44.4 Å². The zero-order valence-electron chi connectivity index (χ0n) is 15.6. The van der Waals surface area contributed by atoms with Gasteiger partial charge in [0.15, 0.2) is 0 Å². The second-order valence-electron chi connectivity index (χ2n) is 9.23. The summed E-state index contributed by atoms with van der Waals surface area (Å²) in [7, 11) is 0. The highest BCUT2D eigenvalue weighted by Crippen LogP contribution is 2.34. The lowest BCUT2D eigenvalue weighted by molar-refractivity contribution is 0.0911. The molecule has 1 aromatic rings. The standard InChI is InChI=1S/C20H31N3O/c1-18(2)11-16(12-19(3,4)22-18)21-17(24)23-13-20(5,14-23)15-9-7-6-8-10-15/h6-10,16,22H,11-14H2,1-5H3,(H,21,24). The molecule has 4 heteroatoms. The van der Waals surface area contributed by atoms with E-state index in [-0.39, 0.29) is 28.6 Å². The number of urea groups is 1. The predicted molar refractivity (Wildman–Crippen MR) is 98.2 cm³/mol. The second kappa shape index (κ2) is 5.76. The van der Waals surface area contributed by atoms with Crippen molar-refractivity contribution in [3.63, 3.8) is 0 Å². The molecule has 2 heterocycles. The van der Waals surface area contributed by atoms with Crippen LogP contribution < -0.4 is 10.6 Å². The van der Waals surface area contributed by atoms with E-state index in [1.807, 2.05) is 11.0 Å². The first kappa shape index (κ1) is 17.3. The number of carbonyl (C=O) groups excluding carboxylic acids is 1. The Kier molecular flexibility index (Phi) is 4.15. The lowest BCUT2D eigenvalue weighted by Gasteiger charge is -2.50. The number of nitrogens with zero attached hydrogens (tertiary/aromatic N) is 1. The quantitative estimate of drug-likeness (QED) is 0.874. The zero-order chi connectivity index (χ0) is 17.6. The lowest BCUT2D eigenvalue weighted by atomic mass is 9.75. The van der Waals surface area contributed by atoms with Gasteiger partial charge in [0.1, 0.15) is 0 Å². The van der Waals surface area contributed by atoms with E-state index in [1.165, 1.54) is 5.56 Å². The van der Waals surface area contributed by atoms with Crippen LogP contribution in [0.15, 0.2) is 30.3 Å². The average molecular weight is 329 g/mol. The maximum Gasteiger partial charge on any atom is 0.317 e. The van der Waals surface area contributed by atoms with Crippen molar-refractivity contribution in [2.45, 2.75) is 70.0 Å². The third-order valence-corrected chi connectivity index (χ3v) is 5.36. The van der Waals surface area contributed by atoms with E-state index in [2.05, 4.69) is 69.5 Å². The maximum atomic E-state index is 12.6. The molecular weight excluding hydrogens is 298 g/mol. The monoisotopic (exact) mass is 329 g/mol. The van der Waals surface area contributed by atoms with E-state index in [0.29, 0.717) is 0 Å². The van der Waals surface area contributed by atoms with Gasteiger partial charge in [0, 0.05) is 35.6 Å². The molecule has 3 rings (SSSR count). The van der Waals surface area contributed by atoms with Crippen molar-refractivity contribution in [1.29, 1.82) is 0 Å². The summed E-state index contributed by atoms with van der Waals surface area (Å²) in [4.78, 5) is 14.6. The van der Waals surface area contributed by atoms with Gasteiger partial charge in [-0.05, 0) is 46.1 Å². The highest BCUT2D eigenvalue weighted by molar-refractivity contribution is 5.76. The van der Waals surface area contributed by atoms with E-state index in [4.69, 9.17) is 0 Å². The summed E-state index contributed by atoms with van der Waals surface area (Å²) in [5.41, 5.74) is 1.50. The van der Waals surface area contributed by atoms with Gasteiger partial charge in [-0.2, -0.15) is 0 Å². The summed E-state index contributed by atoms with van der Waals surface area (Å²) < 4.78 is 0. The number of nitrogens with one attached hydrogen (secondary N) is 2. The molecule has 0 aliphatic carbocycles. The fourth-order valence-corrected chi connectivity index (χ4v) is 4.65. The van der Waals surface area contributed by atoms with Gasteiger partial charge in [0.25, 0.3) is 0 Å². The summed E-state index contributed by atoms with van der Waals surface area (Å²) in [6, 6.07) is 10.8. The van der Waals surface area contributed by atoms with E-state index < -0.39 is 0 Å². The van der Waals surface area contributed by atoms with Gasteiger partial charge in [-0.25, -0.2) is 4.79 Å². The molecule has 2 N–H and O–H groups in total. The van der Waals surface area contributed by atoms with Crippen molar-refractivity contribution in [3.8, 4) is 0 Å². The number of rotatable bonds is 2. The fourth-order valence-electron chi connectivity index (χ4n) is 4.65. The number of piperidine rings is 1. The largest absolute Gasteiger partial charge is 0.335 e. The van der Waals surface area contributed by atoms with Crippen molar-refractivity contribution < 1.29 is 4.79 Å². The van der Waals surface area contributed by atoms with Gasteiger partial charge >= 0.3 is 6.03 Å². The van der Waals surface area contributed by atoms with Crippen LogP contribution in [0.1, 0.15) is 53.0 Å². The Balaban J connectivity index is 1.57. The van der Waals surface area contributed by atoms with Crippen LogP contribution in [0.25, 0.3) is 0 Å². The van der Waals surface area contributed by atoms with E-state index in [0.717, 1.165) is 25.9 Å². The number of hydrogen-bond acceptors (Lipinski definition) is 2. The lowest BCUT2D eigenvalue weighted by Crippen LogP contribution is -2.66. The predicted octanol–water partition coefficient (Wildman–Crippen LogP) is 3.28. The van der Waals surface area contributed by atoms with Crippen LogP contribution >= 0.6 is 0 Å². The summed E-state index contributed by atoms with van der Waals surface area (Å²) in [6.45, 7) is 12.7. The van der Waals surface area contributed by atoms with Crippen LogP contribution in [-0.4, -0.2) is 41.1 Å². The molecule has 132 valence electrons. The normalized spacial score (nSPS) is 25.0. The molecule has 24 heavy (non-hydrogen) atoms. The molecule has 4 nitrogen and oxygen atoms in total.